The van der Waals surface area contributed by atoms with Gasteiger partial charge in [0.25, 0.3) is 5.91 Å². The van der Waals surface area contributed by atoms with E-state index in [-0.39, 0.29) is 11.7 Å². The van der Waals surface area contributed by atoms with E-state index < -0.39 is 0 Å². The van der Waals surface area contributed by atoms with E-state index in [1.807, 2.05) is 35.7 Å². The highest BCUT2D eigenvalue weighted by Crippen LogP contribution is 2.25. The first-order chi connectivity index (χ1) is 15.0. The number of rotatable bonds is 8. The summed E-state index contributed by atoms with van der Waals surface area (Å²) in [4.78, 5) is 18.9. The summed E-state index contributed by atoms with van der Waals surface area (Å²) in [5.41, 5.74) is 3.74. The van der Waals surface area contributed by atoms with Crippen LogP contribution in [-0.4, -0.2) is 27.0 Å². The highest BCUT2D eigenvalue weighted by atomic mass is 32.1. The van der Waals surface area contributed by atoms with E-state index in [1.165, 1.54) is 17.7 Å². The van der Waals surface area contributed by atoms with E-state index in [2.05, 4.69) is 22.3 Å². The molecular weight excluding hydrogens is 411 g/mol. The highest BCUT2D eigenvalue weighted by Gasteiger charge is 2.15. The molecule has 2 aromatic carbocycles. The van der Waals surface area contributed by atoms with Gasteiger partial charge in [0.2, 0.25) is 4.96 Å². The molecule has 5 nitrogen and oxygen atoms in total. The monoisotopic (exact) mass is 436 g/mol. The third-order valence-corrected chi connectivity index (χ3v) is 6.48. The third kappa shape index (κ3) is 4.82. The quantitative estimate of drug-likeness (QED) is 0.412. The van der Waals surface area contributed by atoms with E-state index in [1.54, 1.807) is 23.5 Å². The number of benzene rings is 2. The van der Waals surface area contributed by atoms with Gasteiger partial charge in [-0.05, 0) is 61.7 Å². The fraction of sp³-hybridized carbons (Fsp3) is 0.292. The van der Waals surface area contributed by atoms with E-state index >= 15 is 0 Å². The van der Waals surface area contributed by atoms with Crippen molar-refractivity contribution in [3.8, 4) is 11.4 Å². The molecule has 0 saturated heterocycles. The number of nitrogens with one attached hydrogen (secondary N) is 1. The molecular formula is C24H25FN4OS. The van der Waals surface area contributed by atoms with Gasteiger partial charge in [0.05, 0.1) is 5.69 Å². The first kappa shape index (κ1) is 21.2. The van der Waals surface area contributed by atoms with Crippen LogP contribution in [0.1, 0.15) is 46.3 Å². The lowest BCUT2D eigenvalue weighted by atomic mass is 10.1. The summed E-state index contributed by atoms with van der Waals surface area (Å²) in [7, 11) is 0. The van der Waals surface area contributed by atoms with Crippen molar-refractivity contribution < 1.29 is 9.18 Å². The Morgan fingerprint density at radius 1 is 1.10 bits per heavy atom. The van der Waals surface area contributed by atoms with Gasteiger partial charge in [-0.3, -0.25) is 4.79 Å². The van der Waals surface area contributed by atoms with Gasteiger partial charge in [-0.25, -0.2) is 8.91 Å². The van der Waals surface area contributed by atoms with Gasteiger partial charge in [0, 0.05) is 29.0 Å². The second-order valence-corrected chi connectivity index (χ2v) is 8.62. The van der Waals surface area contributed by atoms with Gasteiger partial charge in [0.15, 0.2) is 5.82 Å². The Labute approximate surface area is 185 Å². The predicted molar refractivity (Wildman–Crippen MR) is 122 cm³/mol. The number of thiazole rings is 1. The maximum atomic E-state index is 13.1. The Kier molecular flexibility index (Phi) is 6.42. The molecule has 2 heterocycles. The zero-order valence-electron chi connectivity index (χ0n) is 17.7. The summed E-state index contributed by atoms with van der Waals surface area (Å²) in [6, 6.07) is 14.0. The second-order valence-electron chi connectivity index (χ2n) is 7.55. The van der Waals surface area contributed by atoms with Gasteiger partial charge in [-0.15, -0.1) is 5.10 Å². The number of unbranched alkanes of at least 4 members (excludes halogenated alkanes) is 1. The van der Waals surface area contributed by atoms with Crippen molar-refractivity contribution in [3.63, 3.8) is 0 Å². The number of halogens is 1. The van der Waals surface area contributed by atoms with Gasteiger partial charge in [0.1, 0.15) is 5.82 Å². The largest absolute Gasteiger partial charge is 0.352 e. The van der Waals surface area contributed by atoms with Gasteiger partial charge in [-0.1, -0.05) is 36.8 Å². The summed E-state index contributed by atoms with van der Waals surface area (Å²) in [5.74, 6) is 0.243. The molecule has 2 aromatic heterocycles. The minimum absolute atomic E-state index is 0.0576. The summed E-state index contributed by atoms with van der Waals surface area (Å²) in [6.07, 6.45) is 4.09. The number of carbonyl (C=O) groups excluding carboxylic acids is 1. The highest BCUT2D eigenvalue weighted by molar-refractivity contribution is 7.17. The number of aryl methyl sites for hydroxylation is 2. The molecule has 0 aliphatic rings. The molecule has 160 valence electrons. The molecule has 0 radical (unpaired) electrons. The number of hydrogen-bond acceptors (Lipinski definition) is 4. The standard InChI is InChI=1S/C24H25FN4OS/c1-3-4-5-17-6-8-19(9-7-17)23(30)26-15-14-21-16(2)29-24(31-21)27-22(28-29)18-10-12-20(25)13-11-18/h6-13H,3-5,14-15H2,1-2H3,(H,26,30). The third-order valence-electron chi connectivity index (χ3n) is 5.29. The molecule has 4 rings (SSSR count). The van der Waals surface area contributed by atoms with Crippen LogP contribution in [-0.2, 0) is 12.8 Å². The van der Waals surface area contributed by atoms with Crippen molar-refractivity contribution in [2.45, 2.75) is 39.5 Å². The summed E-state index contributed by atoms with van der Waals surface area (Å²) in [6.45, 7) is 4.72. The van der Waals surface area contributed by atoms with Crippen LogP contribution in [0.5, 0.6) is 0 Å². The van der Waals surface area contributed by atoms with Crippen LogP contribution in [0.4, 0.5) is 4.39 Å². The van der Waals surface area contributed by atoms with Crippen LogP contribution in [0.2, 0.25) is 0 Å². The lowest BCUT2D eigenvalue weighted by molar-refractivity contribution is 0.0954. The zero-order chi connectivity index (χ0) is 21.8. The molecule has 4 aromatic rings. The molecule has 0 fully saturated rings. The molecule has 0 bridgehead atoms. The maximum absolute atomic E-state index is 13.1. The van der Waals surface area contributed by atoms with Gasteiger partial charge >= 0.3 is 0 Å². The molecule has 7 heteroatoms. The van der Waals surface area contributed by atoms with Crippen LogP contribution in [0.15, 0.2) is 48.5 Å². The molecule has 0 saturated carbocycles. The minimum Gasteiger partial charge on any atom is -0.352 e. The topological polar surface area (TPSA) is 59.3 Å². The first-order valence-corrected chi connectivity index (χ1v) is 11.3. The molecule has 0 spiro atoms. The molecule has 0 atom stereocenters. The summed E-state index contributed by atoms with van der Waals surface area (Å²) in [5, 5.41) is 7.56. The molecule has 0 aliphatic heterocycles. The van der Waals surface area contributed by atoms with Crippen LogP contribution < -0.4 is 5.32 Å². The predicted octanol–water partition coefficient (Wildman–Crippen LogP) is 5.22. The number of amides is 1. The molecule has 1 amide bonds. The van der Waals surface area contributed by atoms with E-state index in [9.17, 15) is 9.18 Å². The van der Waals surface area contributed by atoms with Crippen molar-refractivity contribution >= 4 is 22.2 Å². The Bertz CT molecular complexity index is 1180. The average molecular weight is 437 g/mol. The van der Waals surface area contributed by atoms with Crippen molar-refractivity contribution in [3.05, 3.63) is 76.0 Å². The molecule has 0 unspecified atom stereocenters. The van der Waals surface area contributed by atoms with Crippen LogP contribution in [0, 0.1) is 12.7 Å². The summed E-state index contributed by atoms with van der Waals surface area (Å²) < 4.78 is 15.0. The number of nitrogens with zero attached hydrogens (tertiary/aromatic N) is 3. The van der Waals surface area contributed by atoms with E-state index in [4.69, 9.17) is 0 Å². The first-order valence-electron chi connectivity index (χ1n) is 10.5. The molecule has 31 heavy (non-hydrogen) atoms. The van der Waals surface area contributed by atoms with E-state index in [0.29, 0.717) is 24.4 Å². The SMILES string of the molecule is CCCCc1ccc(C(=O)NCCc2sc3nc(-c4ccc(F)cc4)nn3c2C)cc1. The lowest BCUT2D eigenvalue weighted by Crippen LogP contribution is -2.25. The molecule has 0 aliphatic carbocycles. The fourth-order valence-electron chi connectivity index (χ4n) is 3.43. The Morgan fingerprint density at radius 3 is 2.52 bits per heavy atom. The van der Waals surface area contributed by atoms with Crippen LogP contribution in [0.3, 0.4) is 0 Å². The number of fused-ring (bicyclic) bond motifs is 1. The van der Waals surface area contributed by atoms with Gasteiger partial charge in [-0.2, -0.15) is 4.98 Å². The summed E-state index contributed by atoms with van der Waals surface area (Å²) >= 11 is 1.56. The van der Waals surface area contributed by atoms with Crippen molar-refractivity contribution in [2.24, 2.45) is 0 Å². The fourth-order valence-corrected chi connectivity index (χ4v) is 4.49. The number of hydrogen-bond donors (Lipinski definition) is 1. The van der Waals surface area contributed by atoms with Crippen LogP contribution in [0.25, 0.3) is 16.3 Å². The molecule has 1 N–H and O–H groups in total. The zero-order valence-corrected chi connectivity index (χ0v) is 18.5. The van der Waals surface area contributed by atoms with E-state index in [0.717, 1.165) is 40.4 Å². The normalized spacial score (nSPS) is 11.2. The number of aromatic nitrogens is 3. The lowest BCUT2D eigenvalue weighted by Gasteiger charge is -2.06. The van der Waals surface area contributed by atoms with Gasteiger partial charge < -0.3 is 5.32 Å². The van der Waals surface area contributed by atoms with Crippen molar-refractivity contribution in [2.75, 3.05) is 6.54 Å². The average Bonchev–Trinajstić information content (AvgIpc) is 3.32. The smallest absolute Gasteiger partial charge is 0.251 e. The van der Waals surface area contributed by atoms with Crippen molar-refractivity contribution in [1.82, 2.24) is 19.9 Å². The second kappa shape index (κ2) is 9.39. The maximum Gasteiger partial charge on any atom is 0.251 e. The Morgan fingerprint density at radius 2 is 1.84 bits per heavy atom. The Balaban J connectivity index is 1.36. The number of carbonyl (C=O) groups is 1. The van der Waals surface area contributed by atoms with Crippen LogP contribution >= 0.6 is 11.3 Å². The minimum atomic E-state index is -0.280. The Hall–Kier alpha value is -3.06. The van der Waals surface area contributed by atoms with Crippen molar-refractivity contribution in [1.29, 1.82) is 0 Å².